The van der Waals surface area contributed by atoms with E-state index in [0.717, 1.165) is 43.9 Å². The Hall–Kier alpha value is -2.24. The minimum atomic E-state index is -0.0562. The Morgan fingerprint density at radius 1 is 1.04 bits per heavy atom. The zero-order valence-electron chi connectivity index (χ0n) is 16.7. The van der Waals surface area contributed by atoms with Crippen LogP contribution in [0.15, 0.2) is 24.3 Å². The molecule has 0 N–H and O–H groups in total. The minimum absolute atomic E-state index is 0.0109. The zero-order valence-corrected chi connectivity index (χ0v) is 16.7. The first-order valence-corrected chi connectivity index (χ1v) is 9.96. The highest BCUT2D eigenvalue weighted by atomic mass is 16.5. The molecule has 0 aliphatic carbocycles. The Balaban J connectivity index is 1.57. The van der Waals surface area contributed by atoms with Gasteiger partial charge in [-0.2, -0.15) is 0 Å². The van der Waals surface area contributed by atoms with Crippen LogP contribution in [0, 0.1) is 11.8 Å². The number of ether oxygens (including phenoxy) is 1. The van der Waals surface area contributed by atoms with Crippen molar-refractivity contribution in [3.63, 3.8) is 0 Å². The Bertz CT molecular complexity index is 668. The molecule has 2 heterocycles. The molecule has 1 atom stereocenters. The van der Waals surface area contributed by atoms with Crippen molar-refractivity contribution in [2.75, 3.05) is 51.3 Å². The summed E-state index contributed by atoms with van der Waals surface area (Å²) in [7, 11) is 1.69. The summed E-state index contributed by atoms with van der Waals surface area (Å²) in [4.78, 5) is 31.4. The molecule has 1 aromatic rings. The number of anilines is 1. The summed E-state index contributed by atoms with van der Waals surface area (Å²) in [6.45, 7) is 8.22. The topological polar surface area (TPSA) is 53.1 Å². The van der Waals surface area contributed by atoms with Crippen molar-refractivity contribution in [2.24, 2.45) is 11.8 Å². The van der Waals surface area contributed by atoms with Gasteiger partial charge >= 0.3 is 0 Å². The number of carbonyl (C=O) groups excluding carboxylic acids is 2. The number of amides is 2. The molecule has 0 radical (unpaired) electrons. The summed E-state index contributed by atoms with van der Waals surface area (Å²) in [6, 6.07) is 8.01. The number of piperazine rings is 1. The highest BCUT2D eigenvalue weighted by Crippen LogP contribution is 2.29. The monoisotopic (exact) mass is 373 g/mol. The number of methoxy groups -OCH3 is 1. The molecule has 0 spiro atoms. The number of hydrogen-bond acceptors (Lipinski definition) is 4. The van der Waals surface area contributed by atoms with E-state index in [4.69, 9.17) is 4.74 Å². The number of benzene rings is 1. The van der Waals surface area contributed by atoms with Gasteiger partial charge in [0.15, 0.2) is 0 Å². The summed E-state index contributed by atoms with van der Waals surface area (Å²) in [6.07, 6.45) is 1.80. The van der Waals surface area contributed by atoms with Gasteiger partial charge in [0.05, 0.1) is 18.7 Å². The number of piperidine rings is 1. The number of nitrogens with zero attached hydrogens (tertiary/aromatic N) is 3. The van der Waals surface area contributed by atoms with E-state index in [0.29, 0.717) is 19.6 Å². The zero-order chi connectivity index (χ0) is 19.4. The van der Waals surface area contributed by atoms with Gasteiger partial charge in [-0.05, 0) is 25.0 Å². The second kappa shape index (κ2) is 8.63. The smallest absolute Gasteiger partial charge is 0.227 e. The van der Waals surface area contributed by atoms with Gasteiger partial charge in [-0.3, -0.25) is 9.59 Å². The van der Waals surface area contributed by atoms with Gasteiger partial charge < -0.3 is 19.4 Å². The van der Waals surface area contributed by atoms with Crippen LogP contribution in [0.25, 0.3) is 0 Å². The molecule has 1 unspecified atom stereocenters. The molecular formula is C21H31N3O3. The lowest BCUT2D eigenvalue weighted by molar-refractivity contribution is -0.142. The minimum Gasteiger partial charge on any atom is -0.495 e. The number of likely N-dealkylation sites (tertiary alicyclic amines) is 1. The first kappa shape index (κ1) is 19.5. The highest BCUT2D eigenvalue weighted by Gasteiger charge is 2.33. The SMILES string of the molecule is COc1ccccc1N1CCN(C(=O)C2CCCN(C(=O)C(C)C)C2)CC1. The van der Waals surface area contributed by atoms with E-state index in [1.54, 1.807) is 7.11 Å². The fraction of sp³-hybridized carbons (Fsp3) is 0.619. The molecule has 27 heavy (non-hydrogen) atoms. The van der Waals surface area contributed by atoms with E-state index in [1.165, 1.54) is 0 Å². The first-order valence-electron chi connectivity index (χ1n) is 9.96. The van der Waals surface area contributed by atoms with Gasteiger partial charge in [0, 0.05) is 45.2 Å². The number of rotatable bonds is 4. The summed E-state index contributed by atoms with van der Waals surface area (Å²) in [5.74, 6) is 1.17. The second-order valence-electron chi connectivity index (χ2n) is 7.76. The van der Waals surface area contributed by atoms with E-state index in [-0.39, 0.29) is 23.7 Å². The van der Waals surface area contributed by atoms with Gasteiger partial charge in [-0.1, -0.05) is 26.0 Å². The third-order valence-corrected chi connectivity index (χ3v) is 5.59. The maximum atomic E-state index is 13.0. The predicted octanol–water partition coefficient (Wildman–Crippen LogP) is 2.24. The Labute approximate surface area is 162 Å². The molecule has 0 saturated carbocycles. The third-order valence-electron chi connectivity index (χ3n) is 5.59. The van der Waals surface area contributed by atoms with Gasteiger partial charge in [-0.25, -0.2) is 0 Å². The summed E-state index contributed by atoms with van der Waals surface area (Å²) in [5, 5.41) is 0. The number of hydrogen-bond donors (Lipinski definition) is 0. The lowest BCUT2D eigenvalue weighted by atomic mass is 9.95. The Morgan fingerprint density at radius 2 is 1.74 bits per heavy atom. The van der Waals surface area contributed by atoms with Crippen LogP contribution in [0.3, 0.4) is 0 Å². The highest BCUT2D eigenvalue weighted by molar-refractivity contribution is 5.82. The van der Waals surface area contributed by atoms with Gasteiger partial charge in [0.1, 0.15) is 5.75 Å². The third kappa shape index (κ3) is 4.37. The summed E-state index contributed by atoms with van der Waals surface area (Å²) < 4.78 is 5.46. The molecule has 6 nitrogen and oxygen atoms in total. The maximum Gasteiger partial charge on any atom is 0.227 e. The average molecular weight is 373 g/mol. The molecule has 2 fully saturated rings. The first-order chi connectivity index (χ1) is 13.0. The standard InChI is InChI=1S/C21H31N3O3/c1-16(2)20(25)24-10-6-7-17(15-24)21(26)23-13-11-22(12-14-23)18-8-4-5-9-19(18)27-3/h4-5,8-9,16-17H,6-7,10-15H2,1-3H3. The van der Waals surface area contributed by atoms with Crippen molar-refractivity contribution in [3.8, 4) is 5.75 Å². The van der Waals surface area contributed by atoms with Crippen LogP contribution in [-0.2, 0) is 9.59 Å². The molecule has 6 heteroatoms. The average Bonchev–Trinajstić information content (AvgIpc) is 2.72. The quantitative estimate of drug-likeness (QED) is 0.812. The summed E-state index contributed by atoms with van der Waals surface area (Å²) in [5.41, 5.74) is 1.08. The predicted molar refractivity (Wildman–Crippen MR) is 106 cm³/mol. The Morgan fingerprint density at radius 3 is 2.41 bits per heavy atom. The largest absolute Gasteiger partial charge is 0.495 e. The van der Waals surface area contributed by atoms with Crippen molar-refractivity contribution in [1.82, 2.24) is 9.80 Å². The molecule has 2 amide bonds. The fourth-order valence-electron chi connectivity index (χ4n) is 4.06. The van der Waals surface area contributed by atoms with E-state index in [1.807, 2.05) is 41.8 Å². The summed E-state index contributed by atoms with van der Waals surface area (Å²) >= 11 is 0. The lowest BCUT2D eigenvalue weighted by Gasteiger charge is -2.40. The fourth-order valence-corrected chi connectivity index (χ4v) is 4.06. The van der Waals surface area contributed by atoms with E-state index in [2.05, 4.69) is 11.0 Å². The molecule has 3 rings (SSSR count). The number of para-hydroxylation sites is 2. The maximum absolute atomic E-state index is 13.0. The molecule has 148 valence electrons. The van der Waals surface area contributed by atoms with Gasteiger partial charge in [0.2, 0.25) is 11.8 Å². The van der Waals surface area contributed by atoms with Crippen LogP contribution in [0.2, 0.25) is 0 Å². The van der Waals surface area contributed by atoms with Gasteiger partial charge in [0.25, 0.3) is 0 Å². The van der Waals surface area contributed by atoms with Crippen LogP contribution in [0.5, 0.6) is 5.75 Å². The molecule has 2 saturated heterocycles. The molecule has 0 aromatic heterocycles. The lowest BCUT2D eigenvalue weighted by Crippen LogP contribution is -2.53. The molecule has 2 aliphatic heterocycles. The van der Waals surface area contributed by atoms with Crippen molar-refractivity contribution in [1.29, 1.82) is 0 Å². The van der Waals surface area contributed by atoms with E-state index < -0.39 is 0 Å². The molecule has 0 bridgehead atoms. The van der Waals surface area contributed by atoms with Crippen LogP contribution >= 0.6 is 0 Å². The van der Waals surface area contributed by atoms with Crippen molar-refractivity contribution in [2.45, 2.75) is 26.7 Å². The normalized spacial score (nSPS) is 20.7. The van der Waals surface area contributed by atoms with Gasteiger partial charge in [-0.15, -0.1) is 0 Å². The van der Waals surface area contributed by atoms with Crippen LogP contribution in [0.1, 0.15) is 26.7 Å². The van der Waals surface area contributed by atoms with Crippen LogP contribution in [-0.4, -0.2) is 68.0 Å². The van der Waals surface area contributed by atoms with E-state index >= 15 is 0 Å². The molecule has 1 aromatic carbocycles. The van der Waals surface area contributed by atoms with Crippen molar-refractivity contribution < 1.29 is 14.3 Å². The molecule has 2 aliphatic rings. The van der Waals surface area contributed by atoms with Crippen LogP contribution < -0.4 is 9.64 Å². The van der Waals surface area contributed by atoms with Crippen molar-refractivity contribution in [3.05, 3.63) is 24.3 Å². The molecular weight excluding hydrogens is 342 g/mol. The van der Waals surface area contributed by atoms with E-state index in [9.17, 15) is 9.59 Å². The second-order valence-corrected chi connectivity index (χ2v) is 7.76. The van der Waals surface area contributed by atoms with Crippen molar-refractivity contribution >= 4 is 17.5 Å². The van der Waals surface area contributed by atoms with Crippen LogP contribution in [0.4, 0.5) is 5.69 Å². The number of carbonyl (C=O) groups is 2. The Kier molecular flexibility index (Phi) is 6.24.